The van der Waals surface area contributed by atoms with Gasteiger partial charge in [-0.2, -0.15) is 0 Å². The molecule has 0 saturated carbocycles. The third-order valence-corrected chi connectivity index (χ3v) is 10.6. The summed E-state index contributed by atoms with van der Waals surface area (Å²) in [7, 11) is 3.49. The van der Waals surface area contributed by atoms with E-state index in [1.54, 1.807) is 21.6 Å². The van der Waals surface area contributed by atoms with E-state index < -0.39 is 0 Å². The molecule has 0 aliphatic rings. The minimum absolute atomic E-state index is 1.04. The Morgan fingerprint density at radius 1 is 0.389 bits per heavy atom. The van der Waals surface area contributed by atoms with E-state index in [1.165, 1.54) is 128 Å². The van der Waals surface area contributed by atoms with Crippen molar-refractivity contribution in [2.45, 2.75) is 156 Å². The van der Waals surface area contributed by atoms with Crippen molar-refractivity contribution in [3.63, 3.8) is 0 Å². The van der Waals surface area contributed by atoms with Crippen LogP contribution in [0.1, 0.15) is 156 Å². The van der Waals surface area contributed by atoms with Gasteiger partial charge in [-0.3, -0.25) is 0 Å². The first-order chi connectivity index (χ1) is 17.6. The Morgan fingerprint density at radius 2 is 0.611 bits per heavy atom. The van der Waals surface area contributed by atoms with Crippen LogP contribution in [0.4, 0.5) is 0 Å². The van der Waals surface area contributed by atoms with E-state index in [2.05, 4.69) is 37.5 Å². The fourth-order valence-electron chi connectivity index (χ4n) is 4.39. The maximum atomic E-state index is 5.94. The summed E-state index contributed by atoms with van der Waals surface area (Å²) in [4.78, 5) is 4.96. The molecule has 0 fully saturated rings. The quantitative estimate of drug-likeness (QED) is 0.0636. The Labute approximate surface area is 245 Å². The summed E-state index contributed by atoms with van der Waals surface area (Å²) in [5.41, 5.74) is 0. The van der Waals surface area contributed by atoms with Crippen molar-refractivity contribution in [1.82, 2.24) is 9.80 Å². The number of rotatable bonds is 24. The predicted octanol–water partition coefficient (Wildman–Crippen LogP) is 11.4. The van der Waals surface area contributed by atoms with E-state index in [9.17, 15) is 0 Å². The molecule has 0 rings (SSSR count). The van der Waals surface area contributed by atoms with E-state index in [-0.39, 0.29) is 0 Å². The van der Waals surface area contributed by atoms with Crippen LogP contribution in [-0.4, -0.2) is 44.6 Å². The van der Waals surface area contributed by atoms with Crippen molar-refractivity contribution in [3.8, 4) is 0 Å². The molecular weight excluding hydrogens is 517 g/mol. The monoisotopic (exact) mass is 576 g/mol. The highest BCUT2D eigenvalue weighted by molar-refractivity contribution is 8.89. The van der Waals surface area contributed by atoms with Crippen molar-refractivity contribution >= 4 is 54.7 Å². The Bertz CT molecular complexity index is 429. The smallest absolute Gasteiger partial charge is 0.147 e. The number of hydrogen-bond acceptors (Lipinski definition) is 4. The minimum Gasteiger partial charge on any atom is -0.357 e. The van der Waals surface area contributed by atoms with Gasteiger partial charge in [0.25, 0.3) is 0 Å². The van der Waals surface area contributed by atoms with E-state index in [1.807, 2.05) is 0 Å². The topological polar surface area (TPSA) is 6.48 Å². The molecule has 0 bridgehead atoms. The van der Waals surface area contributed by atoms with Crippen LogP contribution in [0.5, 0.6) is 0 Å². The Balaban J connectivity index is 4.70. The second-order valence-electron chi connectivity index (χ2n) is 10.3. The molecule has 0 aliphatic carbocycles. The van der Waals surface area contributed by atoms with Crippen LogP contribution in [0, 0.1) is 0 Å². The highest BCUT2D eigenvalue weighted by Crippen LogP contribution is 2.29. The first-order valence-electron chi connectivity index (χ1n) is 15.5. The van der Waals surface area contributed by atoms with Crippen LogP contribution in [-0.2, 0) is 0 Å². The summed E-state index contributed by atoms with van der Waals surface area (Å²) >= 11 is 11.9. The van der Waals surface area contributed by atoms with E-state index in [0.29, 0.717) is 0 Å². The molecule has 0 unspecified atom stereocenters. The van der Waals surface area contributed by atoms with E-state index >= 15 is 0 Å². The van der Waals surface area contributed by atoms with Crippen LogP contribution in [0.25, 0.3) is 0 Å². The van der Waals surface area contributed by atoms with Crippen LogP contribution < -0.4 is 0 Å². The summed E-state index contributed by atoms with van der Waals surface area (Å²) in [6.45, 7) is 13.6. The summed E-state index contributed by atoms with van der Waals surface area (Å²) in [6.07, 6.45) is 26.4. The van der Waals surface area contributed by atoms with Gasteiger partial charge in [-0.15, -0.1) is 0 Å². The molecule has 0 spiro atoms. The average Bonchev–Trinajstić information content (AvgIpc) is 2.88. The van der Waals surface area contributed by atoms with Gasteiger partial charge in [-0.1, -0.05) is 155 Å². The lowest BCUT2D eigenvalue weighted by molar-refractivity contribution is 0.396. The van der Waals surface area contributed by atoms with Gasteiger partial charge >= 0.3 is 0 Å². The Kier molecular flexibility index (Phi) is 28.9. The zero-order valence-electron chi connectivity index (χ0n) is 24.5. The molecular formula is C30H60N2S4. The molecule has 0 saturated heterocycles. The molecule has 0 heterocycles. The van der Waals surface area contributed by atoms with Crippen LogP contribution >= 0.6 is 46.0 Å². The second-order valence-corrected chi connectivity index (χ2v) is 13.7. The third-order valence-electron chi connectivity index (χ3n) is 6.83. The fourth-order valence-corrected chi connectivity index (χ4v) is 7.15. The van der Waals surface area contributed by atoms with Gasteiger partial charge in [-0.25, -0.2) is 0 Å². The number of thiocarbonyl (C=S) groups is 2. The molecule has 214 valence electrons. The lowest BCUT2D eigenvalue weighted by atomic mass is 10.1. The maximum absolute atomic E-state index is 5.94. The molecule has 0 aromatic heterocycles. The first kappa shape index (κ1) is 36.5. The van der Waals surface area contributed by atoms with Gasteiger partial charge in [-0.05, 0) is 47.3 Å². The molecule has 0 amide bonds. The molecule has 0 aromatic carbocycles. The molecule has 36 heavy (non-hydrogen) atoms. The second kappa shape index (κ2) is 28.5. The number of nitrogens with zero attached hydrogens (tertiary/aromatic N) is 2. The Morgan fingerprint density at radius 3 is 0.833 bits per heavy atom. The SMILES string of the molecule is CCCCCCCN(CCCCCCC)C(=S)SSC(=S)N(CCCCCCC)CCCCCCC. The number of unbranched alkanes of at least 4 members (excludes halogenated alkanes) is 16. The average molecular weight is 577 g/mol. The Hall–Kier alpha value is 0.480. The molecule has 0 atom stereocenters. The van der Waals surface area contributed by atoms with Gasteiger partial charge in [0.05, 0.1) is 0 Å². The largest absolute Gasteiger partial charge is 0.357 e. The first-order valence-corrected chi connectivity index (χ1v) is 18.5. The van der Waals surface area contributed by atoms with Gasteiger partial charge in [0.15, 0.2) is 0 Å². The van der Waals surface area contributed by atoms with Crippen LogP contribution in [0.15, 0.2) is 0 Å². The van der Waals surface area contributed by atoms with E-state index in [0.717, 1.165) is 34.8 Å². The van der Waals surface area contributed by atoms with Gasteiger partial charge in [0, 0.05) is 26.2 Å². The van der Waals surface area contributed by atoms with Crippen molar-refractivity contribution in [1.29, 1.82) is 0 Å². The van der Waals surface area contributed by atoms with Crippen molar-refractivity contribution in [3.05, 3.63) is 0 Å². The lowest BCUT2D eigenvalue weighted by Gasteiger charge is -2.27. The van der Waals surface area contributed by atoms with Crippen molar-refractivity contribution in [2.75, 3.05) is 26.2 Å². The van der Waals surface area contributed by atoms with Crippen LogP contribution in [0.2, 0.25) is 0 Å². The molecule has 0 aliphatic heterocycles. The lowest BCUT2D eigenvalue weighted by Crippen LogP contribution is -2.31. The van der Waals surface area contributed by atoms with Crippen molar-refractivity contribution < 1.29 is 0 Å². The summed E-state index contributed by atoms with van der Waals surface area (Å²) < 4.78 is 2.08. The highest BCUT2D eigenvalue weighted by atomic mass is 33.1. The van der Waals surface area contributed by atoms with Gasteiger partial charge in [0.1, 0.15) is 8.64 Å². The molecule has 2 nitrogen and oxygen atoms in total. The maximum Gasteiger partial charge on any atom is 0.147 e. The summed E-state index contributed by atoms with van der Waals surface area (Å²) in [6, 6.07) is 0. The molecule has 6 heteroatoms. The normalized spacial score (nSPS) is 11.1. The van der Waals surface area contributed by atoms with Crippen LogP contribution in [0.3, 0.4) is 0 Å². The van der Waals surface area contributed by atoms with Gasteiger partial charge in [0.2, 0.25) is 0 Å². The van der Waals surface area contributed by atoms with E-state index in [4.69, 9.17) is 24.4 Å². The zero-order valence-corrected chi connectivity index (χ0v) is 27.8. The third kappa shape index (κ3) is 22.5. The fraction of sp³-hybridized carbons (Fsp3) is 0.933. The highest BCUT2D eigenvalue weighted by Gasteiger charge is 2.15. The molecule has 0 N–H and O–H groups in total. The standard InChI is InChI=1S/C30H60N2S4/c1-5-9-13-17-21-25-31(26-22-18-14-10-6-2)29(33)35-36-30(34)32(27-23-19-15-11-7-3)28-24-20-16-12-8-4/h5-28H2,1-4H3. The predicted molar refractivity (Wildman–Crippen MR) is 179 cm³/mol. The summed E-state index contributed by atoms with van der Waals surface area (Å²) in [5, 5.41) is 0. The van der Waals surface area contributed by atoms with Gasteiger partial charge < -0.3 is 9.80 Å². The zero-order chi connectivity index (χ0) is 26.7. The number of hydrogen-bond donors (Lipinski definition) is 0. The minimum atomic E-state index is 1.04. The molecule has 0 radical (unpaired) electrons. The van der Waals surface area contributed by atoms with Crippen molar-refractivity contribution in [2.24, 2.45) is 0 Å². The molecule has 0 aromatic rings. The summed E-state index contributed by atoms with van der Waals surface area (Å²) in [5.74, 6) is 0.